The molecular formula is C10H18O. The van der Waals surface area contributed by atoms with Gasteiger partial charge in [-0.25, -0.2) is 0 Å². The maximum Gasteiger partial charge on any atom is 0.0641 e. The quantitative estimate of drug-likeness (QED) is 0.460. The van der Waals surface area contributed by atoms with Crippen LogP contribution in [0.2, 0.25) is 0 Å². The molecule has 0 saturated carbocycles. The maximum atomic E-state index is 8.86. The number of aliphatic hydroxyl groups excluding tert-OH is 1. The normalized spacial score (nSPS) is 11.6. The molecule has 0 unspecified atom stereocenters. The van der Waals surface area contributed by atoms with Gasteiger partial charge in [0, 0.05) is 0 Å². The van der Waals surface area contributed by atoms with E-state index in [1.165, 1.54) is 0 Å². The molecule has 64 valence electrons. The summed E-state index contributed by atoms with van der Waals surface area (Å²) in [6.07, 6.45) is 8.17. The second kappa shape index (κ2) is 7.55. The predicted octanol–water partition coefficient (Wildman–Crippen LogP) is 2.67. The van der Waals surface area contributed by atoms with Crippen molar-refractivity contribution in [1.82, 2.24) is 0 Å². The first-order valence-electron chi connectivity index (χ1n) is 4.24. The number of aliphatic hydroxyl groups is 1. The molecule has 0 amide bonds. The predicted molar refractivity (Wildman–Crippen MR) is 49.5 cm³/mol. The molecule has 1 nitrogen and oxygen atoms in total. The molecule has 0 rings (SSSR count). The van der Waals surface area contributed by atoms with Crippen LogP contribution in [0.4, 0.5) is 0 Å². The van der Waals surface area contributed by atoms with Crippen molar-refractivity contribution in [2.45, 2.75) is 32.6 Å². The van der Waals surface area contributed by atoms with Crippen molar-refractivity contribution in [2.24, 2.45) is 0 Å². The highest BCUT2D eigenvalue weighted by atomic mass is 16.3. The highest BCUT2D eigenvalue weighted by molar-refractivity contribution is 5.02. The van der Waals surface area contributed by atoms with Crippen molar-refractivity contribution in [3.8, 4) is 0 Å². The molecule has 0 aromatic heterocycles. The van der Waals surface area contributed by atoms with Gasteiger partial charge in [0.1, 0.15) is 0 Å². The van der Waals surface area contributed by atoms with Crippen molar-refractivity contribution in [3.63, 3.8) is 0 Å². The molecule has 0 aliphatic rings. The highest BCUT2D eigenvalue weighted by Gasteiger charge is 1.91. The lowest BCUT2D eigenvalue weighted by Gasteiger charge is -1.99. The standard InChI is InChI=1S/C10H18O/c1-3-5-6-8-10(9-11)7-4-2/h3,8,11H,1,4-7,9H2,2H3/b10-8+. The monoisotopic (exact) mass is 154 g/mol. The van der Waals surface area contributed by atoms with Crippen molar-refractivity contribution in [1.29, 1.82) is 0 Å². The van der Waals surface area contributed by atoms with Crippen LogP contribution in [0.25, 0.3) is 0 Å². The fourth-order valence-corrected chi connectivity index (χ4v) is 0.972. The first-order valence-corrected chi connectivity index (χ1v) is 4.24. The first kappa shape index (κ1) is 10.4. The molecule has 0 aromatic carbocycles. The summed E-state index contributed by atoms with van der Waals surface area (Å²) >= 11 is 0. The van der Waals surface area contributed by atoms with Crippen LogP contribution in [0.3, 0.4) is 0 Å². The van der Waals surface area contributed by atoms with Gasteiger partial charge in [0.2, 0.25) is 0 Å². The zero-order chi connectivity index (χ0) is 8.53. The molecule has 0 radical (unpaired) electrons. The third-order valence-electron chi connectivity index (χ3n) is 1.58. The van der Waals surface area contributed by atoms with E-state index in [0.717, 1.165) is 31.3 Å². The number of rotatable bonds is 6. The van der Waals surface area contributed by atoms with Gasteiger partial charge in [-0.15, -0.1) is 6.58 Å². The lowest BCUT2D eigenvalue weighted by atomic mass is 10.1. The van der Waals surface area contributed by atoms with E-state index in [0.29, 0.717) is 0 Å². The van der Waals surface area contributed by atoms with E-state index in [1.807, 2.05) is 6.08 Å². The Hall–Kier alpha value is -0.560. The molecule has 0 bridgehead atoms. The number of unbranched alkanes of at least 4 members (excludes halogenated alkanes) is 1. The molecule has 0 heterocycles. The van der Waals surface area contributed by atoms with Crippen LogP contribution in [0.1, 0.15) is 32.6 Å². The average Bonchev–Trinajstić information content (AvgIpc) is 2.03. The fourth-order valence-electron chi connectivity index (χ4n) is 0.972. The average molecular weight is 154 g/mol. The van der Waals surface area contributed by atoms with E-state index < -0.39 is 0 Å². The number of hydrogen-bond acceptors (Lipinski definition) is 1. The van der Waals surface area contributed by atoms with Crippen LogP contribution in [0, 0.1) is 0 Å². The first-order chi connectivity index (χ1) is 5.35. The van der Waals surface area contributed by atoms with Gasteiger partial charge in [-0.2, -0.15) is 0 Å². The molecule has 0 aliphatic carbocycles. The van der Waals surface area contributed by atoms with Gasteiger partial charge in [-0.3, -0.25) is 0 Å². The smallest absolute Gasteiger partial charge is 0.0641 e. The van der Waals surface area contributed by atoms with Crippen LogP contribution in [0.5, 0.6) is 0 Å². The summed E-state index contributed by atoms with van der Waals surface area (Å²) in [7, 11) is 0. The number of allylic oxidation sites excluding steroid dienone is 2. The lowest BCUT2D eigenvalue weighted by Crippen LogP contribution is -1.89. The van der Waals surface area contributed by atoms with Crippen molar-refractivity contribution in [2.75, 3.05) is 6.61 Å². The van der Waals surface area contributed by atoms with Gasteiger partial charge in [0.15, 0.2) is 0 Å². The summed E-state index contributed by atoms with van der Waals surface area (Å²) in [6.45, 7) is 5.97. The minimum absolute atomic E-state index is 0.213. The molecule has 1 N–H and O–H groups in total. The third-order valence-corrected chi connectivity index (χ3v) is 1.58. The third kappa shape index (κ3) is 5.86. The van der Waals surface area contributed by atoms with E-state index >= 15 is 0 Å². The Bertz CT molecular complexity index is 125. The Kier molecular flexibility index (Phi) is 7.16. The van der Waals surface area contributed by atoms with Crippen molar-refractivity contribution in [3.05, 3.63) is 24.3 Å². The zero-order valence-corrected chi connectivity index (χ0v) is 7.34. The van der Waals surface area contributed by atoms with Gasteiger partial charge < -0.3 is 5.11 Å². The maximum absolute atomic E-state index is 8.86. The van der Waals surface area contributed by atoms with Crippen LogP contribution in [-0.2, 0) is 0 Å². The second-order valence-corrected chi connectivity index (χ2v) is 2.64. The minimum atomic E-state index is 0.213. The summed E-state index contributed by atoms with van der Waals surface area (Å²) in [5, 5.41) is 8.86. The Morgan fingerprint density at radius 2 is 2.18 bits per heavy atom. The largest absolute Gasteiger partial charge is 0.392 e. The number of hydrogen-bond donors (Lipinski definition) is 1. The molecular weight excluding hydrogens is 136 g/mol. The van der Waals surface area contributed by atoms with Crippen LogP contribution in [0.15, 0.2) is 24.3 Å². The van der Waals surface area contributed by atoms with Gasteiger partial charge in [-0.05, 0) is 24.8 Å². The molecule has 1 heteroatoms. The van der Waals surface area contributed by atoms with Gasteiger partial charge in [0.25, 0.3) is 0 Å². The van der Waals surface area contributed by atoms with Gasteiger partial charge in [-0.1, -0.05) is 25.5 Å². The van der Waals surface area contributed by atoms with Crippen LogP contribution in [-0.4, -0.2) is 11.7 Å². The summed E-state index contributed by atoms with van der Waals surface area (Å²) < 4.78 is 0. The lowest BCUT2D eigenvalue weighted by molar-refractivity contribution is 0.325. The molecule has 0 fully saturated rings. The molecule has 0 atom stereocenters. The fraction of sp³-hybridized carbons (Fsp3) is 0.600. The van der Waals surface area contributed by atoms with E-state index in [-0.39, 0.29) is 6.61 Å². The minimum Gasteiger partial charge on any atom is -0.392 e. The summed E-state index contributed by atoms with van der Waals surface area (Å²) in [5.74, 6) is 0. The Morgan fingerprint density at radius 1 is 1.45 bits per heavy atom. The van der Waals surface area contributed by atoms with E-state index in [2.05, 4.69) is 19.6 Å². The zero-order valence-electron chi connectivity index (χ0n) is 7.34. The Balaban J connectivity index is 3.60. The SMILES string of the molecule is C=CCC/C=C(/CO)CCC. The highest BCUT2D eigenvalue weighted by Crippen LogP contribution is 2.05. The van der Waals surface area contributed by atoms with Gasteiger partial charge >= 0.3 is 0 Å². The van der Waals surface area contributed by atoms with Crippen molar-refractivity contribution >= 4 is 0 Å². The molecule has 0 aromatic rings. The molecule has 0 aliphatic heterocycles. The molecule has 11 heavy (non-hydrogen) atoms. The van der Waals surface area contributed by atoms with Crippen LogP contribution < -0.4 is 0 Å². The van der Waals surface area contributed by atoms with Crippen molar-refractivity contribution < 1.29 is 5.11 Å². The Labute approximate surface area is 69.4 Å². The molecule has 0 spiro atoms. The Morgan fingerprint density at radius 3 is 2.64 bits per heavy atom. The topological polar surface area (TPSA) is 20.2 Å². The van der Waals surface area contributed by atoms with Crippen LogP contribution >= 0.6 is 0 Å². The van der Waals surface area contributed by atoms with E-state index in [9.17, 15) is 0 Å². The van der Waals surface area contributed by atoms with E-state index in [1.54, 1.807) is 0 Å². The summed E-state index contributed by atoms with van der Waals surface area (Å²) in [6, 6.07) is 0. The summed E-state index contributed by atoms with van der Waals surface area (Å²) in [5.41, 5.74) is 1.16. The van der Waals surface area contributed by atoms with E-state index in [4.69, 9.17) is 5.11 Å². The second-order valence-electron chi connectivity index (χ2n) is 2.64. The van der Waals surface area contributed by atoms with Gasteiger partial charge in [0.05, 0.1) is 6.61 Å². The summed E-state index contributed by atoms with van der Waals surface area (Å²) in [4.78, 5) is 0. The molecule has 0 saturated heterocycles.